The lowest BCUT2D eigenvalue weighted by Crippen LogP contribution is -2.69. The Balaban J connectivity index is 1.23. The van der Waals surface area contributed by atoms with Gasteiger partial charge >= 0.3 is 0 Å². The molecule has 25 atom stereocenters. The molecule has 0 radical (unpaired) electrons. The summed E-state index contributed by atoms with van der Waals surface area (Å²) in [5.41, 5.74) is 9.32. The Morgan fingerprint density at radius 1 is 0.449 bits per heavy atom. The molecule has 6 aliphatic rings. The van der Waals surface area contributed by atoms with E-state index >= 15 is 0 Å². The van der Waals surface area contributed by atoms with E-state index in [0.29, 0.717) is 0 Å². The molecule has 400 valence electrons. The van der Waals surface area contributed by atoms with Gasteiger partial charge in [0.1, 0.15) is 116 Å². The Hall–Kier alpha value is -1.65. The number of methoxy groups -OCH3 is 12. The first kappa shape index (κ1) is 56.6. The second kappa shape index (κ2) is 27.0. The Morgan fingerprint density at radius 2 is 0.797 bits per heavy atom. The first-order valence-corrected chi connectivity index (χ1v) is 22.6. The molecule has 27 nitrogen and oxygen atoms in total. The molecule has 10 unspecified atom stereocenters. The number of azide groups is 1. The number of fused-ring (bicyclic) bond motifs is 2. The highest BCUT2D eigenvalue weighted by atomic mass is 16.8. The molecule has 0 amide bonds. The Kier molecular flexibility index (Phi) is 22.2. The van der Waals surface area contributed by atoms with Crippen molar-refractivity contribution in [1.29, 1.82) is 0 Å². The lowest BCUT2D eigenvalue weighted by atomic mass is 9.94. The van der Waals surface area contributed by atoms with Crippen LogP contribution < -0.4 is 0 Å². The zero-order chi connectivity index (χ0) is 49.9. The second-order valence-corrected chi connectivity index (χ2v) is 17.0. The van der Waals surface area contributed by atoms with E-state index in [1.54, 1.807) is 0 Å². The summed E-state index contributed by atoms with van der Waals surface area (Å²) in [7, 11) is 17.7. The maximum atomic E-state index is 10.8. The Morgan fingerprint density at radius 3 is 1.13 bits per heavy atom. The van der Waals surface area contributed by atoms with Crippen LogP contribution in [0.1, 0.15) is 0 Å². The van der Waals surface area contributed by atoms with Gasteiger partial charge in [0.15, 0.2) is 31.5 Å². The van der Waals surface area contributed by atoms with E-state index in [1.807, 2.05) is 0 Å². The number of nitrogens with zero attached hydrogens (tertiary/aromatic N) is 3. The largest absolute Gasteiger partial charge is 0.394 e. The van der Waals surface area contributed by atoms with E-state index in [4.69, 9.17) is 104 Å². The molecule has 0 saturated carbocycles. The van der Waals surface area contributed by atoms with Crippen molar-refractivity contribution < 1.29 is 114 Å². The average Bonchev–Trinajstić information content (AvgIpc) is 3.80. The van der Waals surface area contributed by atoms with Gasteiger partial charge in [-0.05, 0) is 5.53 Å². The molecule has 6 aliphatic heterocycles. The van der Waals surface area contributed by atoms with Gasteiger partial charge in [-0.2, -0.15) is 0 Å². The maximum absolute atomic E-state index is 10.8. The minimum Gasteiger partial charge on any atom is -0.394 e. The van der Waals surface area contributed by atoms with Gasteiger partial charge < -0.3 is 114 Å². The van der Waals surface area contributed by atoms with Crippen LogP contribution in [0.5, 0.6) is 0 Å². The molecular weight excluding hydrogens is 930 g/mol. The monoisotopic (exact) mass is 1000 g/mol. The number of aliphatic hydroxyl groups is 2. The summed E-state index contributed by atoms with van der Waals surface area (Å²) in [4.78, 5) is 2.97. The highest BCUT2D eigenvalue weighted by Gasteiger charge is 2.59. The van der Waals surface area contributed by atoms with Gasteiger partial charge in [0.25, 0.3) is 0 Å². The number of aliphatic hydroxyl groups excluding tert-OH is 2. The van der Waals surface area contributed by atoms with Gasteiger partial charge in [-0.15, -0.1) is 0 Å². The molecule has 69 heavy (non-hydrogen) atoms. The molecule has 2 N–H and O–H groups in total. The van der Waals surface area contributed by atoms with E-state index in [1.165, 1.54) is 85.3 Å². The molecule has 6 rings (SSSR count). The first-order chi connectivity index (χ1) is 33.5. The fraction of sp³-hybridized carbons (Fsp3) is 1.00. The van der Waals surface area contributed by atoms with Crippen LogP contribution >= 0.6 is 0 Å². The lowest BCUT2D eigenvalue weighted by Gasteiger charge is -2.52. The summed E-state index contributed by atoms with van der Waals surface area (Å²) < 4.78 is 135. The molecule has 0 aliphatic carbocycles. The van der Waals surface area contributed by atoms with Crippen molar-refractivity contribution in [2.24, 2.45) is 5.11 Å². The van der Waals surface area contributed by atoms with Crippen molar-refractivity contribution in [3.8, 4) is 0 Å². The van der Waals surface area contributed by atoms with Crippen LogP contribution in [-0.2, 0) is 104 Å². The molecular formula is C42H73N3O24. The van der Waals surface area contributed by atoms with Crippen LogP contribution in [0.2, 0.25) is 0 Å². The fourth-order valence-electron chi connectivity index (χ4n) is 10.2. The molecule has 6 heterocycles. The summed E-state index contributed by atoms with van der Waals surface area (Å²) >= 11 is 0. The molecule has 0 aromatic carbocycles. The van der Waals surface area contributed by atoms with E-state index in [2.05, 4.69) is 10.0 Å². The smallest absolute Gasteiger partial charge is 0.187 e. The fourth-order valence-corrected chi connectivity index (χ4v) is 10.2. The Bertz CT molecular complexity index is 1560. The molecule has 0 aromatic rings. The third kappa shape index (κ3) is 12.0. The second-order valence-electron chi connectivity index (χ2n) is 17.0. The van der Waals surface area contributed by atoms with Crippen molar-refractivity contribution in [1.82, 2.24) is 0 Å². The summed E-state index contributed by atoms with van der Waals surface area (Å²) in [5.74, 6) is 0. The average molecular weight is 1000 g/mol. The van der Waals surface area contributed by atoms with E-state index in [-0.39, 0.29) is 26.4 Å². The summed E-state index contributed by atoms with van der Waals surface area (Å²) in [5, 5.41) is 24.8. The molecule has 6 saturated heterocycles. The topological polar surface area (TPSA) is 292 Å². The first-order valence-electron chi connectivity index (χ1n) is 22.6. The minimum atomic E-state index is -1.21. The SMILES string of the molecule is COCC1O[C@@H](O[C@H]2C(OC)C(OC)[C@@H](O[C@H]3C(OC)C(OC)[C@@H](O[C@H]4C5CO[C@@H](O5)C(N=[N+]=[N-])[C@@H]4OC)O[C@@H]3COC)O[C@@H]2COC)C(OC)[C@@H](OC)[C@H]1O[C@@H]1OC(CO)[C@H](O)[C@H](OC)C1OC. The quantitative estimate of drug-likeness (QED) is 0.0585. The molecule has 0 aromatic heterocycles. The van der Waals surface area contributed by atoms with Gasteiger partial charge in [-0.25, -0.2) is 0 Å². The standard InChI is InChI=1S/C42H73N3O24/c1-48-14-19-26(67-39-34(56-9)30(52-5)24(47)18(13-46)61-39)31(53-6)36(58-11)41(64-19)69-28-21(16-50-3)65-42(37(59-12)33(28)55-8)68-27-20(15-49-2)63-40(35(57-10)32(27)54-7)66-25-22-17-60-38(62-22)23(44-45-43)29(25)51-4/h18-42,46-47H,13-17H2,1-12H3/t18?,19?,20-,21-,22?,23?,24+,25+,26+,27-,28-,29+,30+,31+,32?,33?,34?,35?,36?,37?,38+,39+,40-,41+,42-/m1/s1. The predicted molar refractivity (Wildman–Crippen MR) is 228 cm³/mol. The number of hydrogen-bond donors (Lipinski definition) is 2. The van der Waals surface area contributed by atoms with Crippen molar-refractivity contribution in [3.05, 3.63) is 10.4 Å². The van der Waals surface area contributed by atoms with Crippen molar-refractivity contribution in [2.75, 3.05) is 118 Å². The maximum Gasteiger partial charge on any atom is 0.187 e. The normalized spacial score (nSPS) is 45.9. The summed E-state index contributed by atoms with van der Waals surface area (Å²) in [6.45, 7) is -0.361. The summed E-state index contributed by atoms with van der Waals surface area (Å²) in [6, 6.07) is -0.842. The van der Waals surface area contributed by atoms with Crippen LogP contribution in [0, 0.1) is 0 Å². The van der Waals surface area contributed by atoms with Gasteiger partial charge in [0.05, 0.1) is 39.1 Å². The van der Waals surface area contributed by atoms with Gasteiger partial charge in [-0.1, -0.05) is 5.11 Å². The number of hydrogen-bond acceptors (Lipinski definition) is 25. The highest BCUT2D eigenvalue weighted by molar-refractivity contribution is 5.03. The van der Waals surface area contributed by atoms with Crippen molar-refractivity contribution >= 4 is 0 Å². The number of rotatable bonds is 25. The Labute approximate surface area is 401 Å². The van der Waals surface area contributed by atoms with Crippen LogP contribution in [0.25, 0.3) is 10.4 Å². The van der Waals surface area contributed by atoms with Crippen molar-refractivity contribution in [2.45, 2.75) is 153 Å². The van der Waals surface area contributed by atoms with Gasteiger partial charge in [0.2, 0.25) is 0 Å². The van der Waals surface area contributed by atoms with Crippen LogP contribution in [0.15, 0.2) is 5.11 Å². The van der Waals surface area contributed by atoms with E-state index in [0.717, 1.165) is 0 Å². The lowest BCUT2D eigenvalue weighted by molar-refractivity contribution is -0.396. The van der Waals surface area contributed by atoms with Gasteiger partial charge in [0, 0.05) is 90.2 Å². The number of ether oxygens (including phenoxy) is 22. The molecule has 2 bridgehead atoms. The predicted octanol–water partition coefficient (Wildman–Crippen LogP) is -1.71. The zero-order valence-electron chi connectivity index (χ0n) is 41.2. The molecule has 0 spiro atoms. The van der Waals surface area contributed by atoms with Crippen LogP contribution in [-0.4, -0.2) is 282 Å². The van der Waals surface area contributed by atoms with Crippen molar-refractivity contribution in [3.63, 3.8) is 0 Å². The van der Waals surface area contributed by atoms with E-state index in [9.17, 15) is 15.7 Å². The molecule has 27 heteroatoms. The van der Waals surface area contributed by atoms with Gasteiger partial charge in [-0.3, -0.25) is 0 Å². The third-order valence-electron chi connectivity index (χ3n) is 13.4. The van der Waals surface area contributed by atoms with Crippen LogP contribution in [0.3, 0.4) is 0 Å². The third-order valence-corrected chi connectivity index (χ3v) is 13.4. The van der Waals surface area contributed by atoms with Crippen LogP contribution in [0.4, 0.5) is 0 Å². The zero-order valence-corrected chi connectivity index (χ0v) is 41.2. The van der Waals surface area contributed by atoms with E-state index < -0.39 is 160 Å². The highest BCUT2D eigenvalue weighted by Crippen LogP contribution is 2.40. The minimum absolute atomic E-state index is 0.00775. The molecule has 6 fully saturated rings. The summed E-state index contributed by atoms with van der Waals surface area (Å²) in [6.07, 6.45) is -22.6.